The van der Waals surface area contributed by atoms with E-state index in [1.165, 1.54) is 31.3 Å². The highest BCUT2D eigenvalue weighted by Crippen LogP contribution is 2.68. The van der Waals surface area contributed by atoms with Crippen molar-refractivity contribution in [1.29, 1.82) is 0 Å². The number of ketones is 1. The molecule has 5 atom stereocenters. The van der Waals surface area contributed by atoms with E-state index in [9.17, 15) is 4.79 Å². The summed E-state index contributed by atoms with van der Waals surface area (Å²) in [5.41, 5.74) is 1.63. The predicted octanol–water partition coefficient (Wildman–Crippen LogP) is 4.04. The lowest BCUT2D eigenvalue weighted by Gasteiger charge is -2.57. The summed E-state index contributed by atoms with van der Waals surface area (Å²) in [6, 6.07) is 0. The fourth-order valence-electron chi connectivity index (χ4n) is 7.08. The Labute approximate surface area is 144 Å². The van der Waals surface area contributed by atoms with Gasteiger partial charge in [-0.25, -0.2) is 0 Å². The molecule has 0 aromatic heterocycles. The Kier molecular flexibility index (Phi) is 3.08. The molecule has 0 N–H and O–H groups in total. The monoisotopic (exact) mass is 328 g/mol. The molecule has 24 heavy (non-hydrogen) atoms. The number of hydrogen-bond donors (Lipinski definition) is 0. The van der Waals surface area contributed by atoms with Gasteiger partial charge in [-0.15, -0.1) is 0 Å². The molecule has 3 saturated carbocycles. The van der Waals surface area contributed by atoms with Crippen molar-refractivity contribution in [3.05, 3.63) is 23.8 Å². The maximum absolute atomic E-state index is 11.8. The first kappa shape index (κ1) is 15.3. The van der Waals surface area contributed by atoms with Crippen molar-refractivity contribution in [1.82, 2.24) is 0 Å². The average molecular weight is 328 g/mol. The molecule has 1 aliphatic heterocycles. The van der Waals surface area contributed by atoms with Crippen LogP contribution in [0, 0.1) is 28.6 Å². The second-order valence-electron chi connectivity index (χ2n) is 9.05. The van der Waals surface area contributed by atoms with E-state index in [2.05, 4.69) is 19.9 Å². The maximum atomic E-state index is 11.8. The Bertz CT molecular complexity index is 641. The highest BCUT2D eigenvalue weighted by molar-refractivity contribution is 6.01. The summed E-state index contributed by atoms with van der Waals surface area (Å²) < 4.78 is 12.4. The molecule has 5 aliphatic rings. The van der Waals surface area contributed by atoms with E-state index in [1.54, 1.807) is 6.08 Å². The molecular formula is C21H28O3. The van der Waals surface area contributed by atoms with Gasteiger partial charge in [-0.2, -0.15) is 0 Å². The predicted molar refractivity (Wildman–Crippen MR) is 91.3 cm³/mol. The van der Waals surface area contributed by atoms with E-state index < -0.39 is 0 Å². The van der Waals surface area contributed by atoms with Gasteiger partial charge in [-0.1, -0.05) is 25.5 Å². The summed E-state index contributed by atoms with van der Waals surface area (Å²) in [4.78, 5) is 11.8. The molecule has 3 nitrogen and oxygen atoms in total. The Hall–Kier alpha value is -0.930. The molecule has 0 amide bonds. The molecule has 0 radical (unpaired) electrons. The first-order chi connectivity index (χ1) is 11.5. The van der Waals surface area contributed by atoms with Gasteiger partial charge in [-0.3, -0.25) is 4.79 Å². The minimum atomic E-state index is -0.308. The SMILES string of the molecule is C[C@@]12C=CC(=O)C=C1CC[C@H]1C2CC[C@]2(C)C1CCC21OCCO1. The number of rotatable bonds is 0. The summed E-state index contributed by atoms with van der Waals surface area (Å²) in [5.74, 6) is 1.96. The van der Waals surface area contributed by atoms with Crippen LogP contribution in [0.5, 0.6) is 0 Å². The molecule has 0 bridgehead atoms. The zero-order chi connectivity index (χ0) is 16.6. The number of fused-ring (bicyclic) bond motifs is 6. The topological polar surface area (TPSA) is 35.5 Å². The van der Waals surface area contributed by atoms with Crippen molar-refractivity contribution in [2.24, 2.45) is 28.6 Å². The van der Waals surface area contributed by atoms with E-state index in [0.717, 1.165) is 32.0 Å². The van der Waals surface area contributed by atoms with Gasteiger partial charge in [0.2, 0.25) is 0 Å². The first-order valence-electron chi connectivity index (χ1n) is 9.71. The van der Waals surface area contributed by atoms with Gasteiger partial charge in [0.05, 0.1) is 13.2 Å². The van der Waals surface area contributed by atoms with Gasteiger partial charge < -0.3 is 9.47 Å². The van der Waals surface area contributed by atoms with Gasteiger partial charge in [0.1, 0.15) is 0 Å². The Morgan fingerprint density at radius 1 is 1.04 bits per heavy atom. The second-order valence-corrected chi connectivity index (χ2v) is 9.05. The smallest absolute Gasteiger partial charge is 0.178 e. The molecule has 5 rings (SSSR count). The standard InChI is InChI=1S/C21H28O3/c1-19-8-5-15(22)13-14(19)3-4-16-17(19)6-9-20(2)18(16)7-10-21(20)23-11-12-24-21/h5,8,13,16-18H,3-4,6-7,9-12H2,1-2H3/t16-,17?,18?,19+,20+/m0/s1. The summed E-state index contributed by atoms with van der Waals surface area (Å²) >= 11 is 0. The lowest BCUT2D eigenvalue weighted by Crippen LogP contribution is -2.54. The third-order valence-corrected chi connectivity index (χ3v) is 8.35. The summed E-state index contributed by atoms with van der Waals surface area (Å²) in [6.07, 6.45) is 12.9. The fourth-order valence-corrected chi connectivity index (χ4v) is 7.08. The van der Waals surface area contributed by atoms with E-state index in [-0.39, 0.29) is 22.4 Å². The maximum Gasteiger partial charge on any atom is 0.178 e. The molecule has 130 valence electrons. The zero-order valence-electron chi connectivity index (χ0n) is 14.8. The van der Waals surface area contributed by atoms with E-state index >= 15 is 0 Å². The normalized spacial score (nSPS) is 48.8. The van der Waals surface area contributed by atoms with Crippen LogP contribution >= 0.6 is 0 Å². The van der Waals surface area contributed by atoms with Crippen molar-refractivity contribution in [3.8, 4) is 0 Å². The van der Waals surface area contributed by atoms with Crippen LogP contribution in [0.15, 0.2) is 23.8 Å². The average Bonchev–Trinajstić information content (AvgIpc) is 3.15. The summed E-state index contributed by atoms with van der Waals surface area (Å²) in [5, 5.41) is 0. The van der Waals surface area contributed by atoms with Gasteiger partial charge in [0.25, 0.3) is 0 Å². The van der Waals surface area contributed by atoms with Gasteiger partial charge in [-0.05, 0) is 62.0 Å². The Morgan fingerprint density at radius 2 is 1.79 bits per heavy atom. The molecule has 4 aliphatic carbocycles. The van der Waals surface area contributed by atoms with E-state index in [1.807, 2.05) is 6.08 Å². The fraction of sp³-hybridized carbons (Fsp3) is 0.762. The molecule has 0 aromatic carbocycles. The first-order valence-corrected chi connectivity index (χ1v) is 9.71. The van der Waals surface area contributed by atoms with E-state index in [4.69, 9.17) is 9.47 Å². The quantitative estimate of drug-likeness (QED) is 0.673. The molecule has 1 saturated heterocycles. The number of ether oxygens (including phenoxy) is 2. The number of carbonyl (C=O) groups is 1. The minimum absolute atomic E-state index is 0.0886. The van der Waals surface area contributed by atoms with Crippen LogP contribution in [-0.4, -0.2) is 24.8 Å². The summed E-state index contributed by atoms with van der Waals surface area (Å²) in [6.45, 7) is 6.31. The van der Waals surface area contributed by atoms with Crippen molar-refractivity contribution in [2.45, 2.75) is 58.2 Å². The van der Waals surface area contributed by atoms with Gasteiger partial charge in [0, 0.05) is 17.3 Å². The van der Waals surface area contributed by atoms with Crippen LogP contribution in [0.1, 0.15) is 52.4 Å². The van der Waals surface area contributed by atoms with Crippen LogP contribution in [0.25, 0.3) is 0 Å². The van der Waals surface area contributed by atoms with E-state index in [0.29, 0.717) is 11.8 Å². The van der Waals surface area contributed by atoms with Gasteiger partial charge in [0.15, 0.2) is 11.6 Å². The lowest BCUT2D eigenvalue weighted by atomic mass is 9.48. The number of allylic oxidation sites excluding steroid dienone is 4. The molecule has 1 heterocycles. The van der Waals surface area contributed by atoms with Crippen LogP contribution < -0.4 is 0 Å². The highest BCUT2D eigenvalue weighted by atomic mass is 16.7. The Balaban J connectivity index is 1.51. The third kappa shape index (κ3) is 1.73. The van der Waals surface area contributed by atoms with Crippen molar-refractivity contribution in [3.63, 3.8) is 0 Å². The zero-order valence-corrected chi connectivity index (χ0v) is 14.8. The molecule has 0 aromatic rings. The van der Waals surface area contributed by atoms with Crippen LogP contribution in [0.3, 0.4) is 0 Å². The molecular weight excluding hydrogens is 300 g/mol. The number of hydrogen-bond acceptors (Lipinski definition) is 3. The van der Waals surface area contributed by atoms with Crippen molar-refractivity contribution in [2.75, 3.05) is 13.2 Å². The second kappa shape index (κ2) is 4.82. The molecule has 4 fully saturated rings. The van der Waals surface area contributed by atoms with Crippen LogP contribution in [-0.2, 0) is 14.3 Å². The van der Waals surface area contributed by atoms with Crippen molar-refractivity contribution < 1.29 is 14.3 Å². The molecule has 2 unspecified atom stereocenters. The minimum Gasteiger partial charge on any atom is -0.347 e. The lowest BCUT2D eigenvalue weighted by molar-refractivity contribution is -0.241. The summed E-state index contributed by atoms with van der Waals surface area (Å²) in [7, 11) is 0. The molecule has 3 heteroatoms. The van der Waals surface area contributed by atoms with Crippen LogP contribution in [0.4, 0.5) is 0 Å². The number of carbonyl (C=O) groups excluding carboxylic acids is 1. The third-order valence-electron chi connectivity index (χ3n) is 8.35. The highest BCUT2D eigenvalue weighted by Gasteiger charge is 2.66. The largest absolute Gasteiger partial charge is 0.347 e. The van der Waals surface area contributed by atoms with Crippen LogP contribution in [0.2, 0.25) is 0 Å². The Morgan fingerprint density at radius 3 is 2.58 bits per heavy atom. The van der Waals surface area contributed by atoms with Crippen molar-refractivity contribution >= 4 is 5.78 Å². The van der Waals surface area contributed by atoms with Gasteiger partial charge >= 0.3 is 0 Å². The molecule has 1 spiro atoms.